The molecule has 0 spiro atoms. The molecular formula is C15H30. The van der Waals surface area contributed by atoms with Crippen LogP contribution >= 0.6 is 0 Å². The molecule has 0 radical (unpaired) electrons. The Labute approximate surface area is 96.8 Å². The van der Waals surface area contributed by atoms with Crippen LogP contribution in [0.3, 0.4) is 0 Å². The molecule has 5 unspecified atom stereocenters. The van der Waals surface area contributed by atoms with Crippen molar-refractivity contribution in [3.8, 4) is 0 Å². The highest BCUT2D eigenvalue weighted by Crippen LogP contribution is 2.45. The lowest BCUT2D eigenvalue weighted by Gasteiger charge is -2.28. The van der Waals surface area contributed by atoms with Gasteiger partial charge in [0.2, 0.25) is 0 Å². The van der Waals surface area contributed by atoms with E-state index in [1.807, 2.05) is 0 Å². The first-order chi connectivity index (χ1) is 7.11. The van der Waals surface area contributed by atoms with Crippen LogP contribution in [-0.2, 0) is 0 Å². The summed E-state index contributed by atoms with van der Waals surface area (Å²) < 4.78 is 0. The molecule has 0 aliphatic heterocycles. The second-order valence-corrected chi connectivity index (χ2v) is 5.92. The fourth-order valence-corrected chi connectivity index (χ4v) is 3.81. The molecule has 0 heteroatoms. The van der Waals surface area contributed by atoms with Crippen LogP contribution in [-0.4, -0.2) is 0 Å². The van der Waals surface area contributed by atoms with Crippen LogP contribution in [0.2, 0.25) is 0 Å². The lowest BCUT2D eigenvalue weighted by Crippen LogP contribution is -2.21. The zero-order chi connectivity index (χ0) is 11.4. The smallest absolute Gasteiger partial charge is 0.0360 e. The monoisotopic (exact) mass is 210 g/mol. The number of hydrogen-bond donors (Lipinski definition) is 0. The highest BCUT2D eigenvalue weighted by molar-refractivity contribution is 4.86. The van der Waals surface area contributed by atoms with Crippen LogP contribution in [0.4, 0.5) is 0 Å². The maximum Gasteiger partial charge on any atom is -0.0360 e. The van der Waals surface area contributed by atoms with Crippen molar-refractivity contribution in [1.82, 2.24) is 0 Å². The van der Waals surface area contributed by atoms with Gasteiger partial charge < -0.3 is 0 Å². The highest BCUT2D eigenvalue weighted by Gasteiger charge is 2.37. The Kier molecular flexibility index (Phi) is 5.15. The van der Waals surface area contributed by atoms with Crippen molar-refractivity contribution >= 4 is 0 Å². The Morgan fingerprint density at radius 1 is 1.00 bits per heavy atom. The van der Waals surface area contributed by atoms with Crippen molar-refractivity contribution in [2.24, 2.45) is 29.6 Å². The molecule has 0 saturated heterocycles. The Hall–Kier alpha value is 0. The zero-order valence-corrected chi connectivity index (χ0v) is 11.4. The topological polar surface area (TPSA) is 0 Å². The molecule has 0 N–H and O–H groups in total. The molecule has 15 heavy (non-hydrogen) atoms. The van der Waals surface area contributed by atoms with Gasteiger partial charge in [0, 0.05) is 0 Å². The molecule has 1 aliphatic rings. The normalized spacial score (nSPS) is 35.4. The largest absolute Gasteiger partial charge is 0.0654 e. The average Bonchev–Trinajstić information content (AvgIpc) is 2.59. The summed E-state index contributed by atoms with van der Waals surface area (Å²) in [6.07, 6.45) is 7.15. The molecule has 1 saturated carbocycles. The zero-order valence-electron chi connectivity index (χ0n) is 11.4. The van der Waals surface area contributed by atoms with Gasteiger partial charge in [-0.15, -0.1) is 0 Å². The van der Waals surface area contributed by atoms with Crippen LogP contribution in [0.1, 0.15) is 66.7 Å². The fourth-order valence-electron chi connectivity index (χ4n) is 3.81. The van der Waals surface area contributed by atoms with Gasteiger partial charge in [-0.2, -0.15) is 0 Å². The Morgan fingerprint density at radius 2 is 1.53 bits per heavy atom. The van der Waals surface area contributed by atoms with Crippen LogP contribution in [0, 0.1) is 29.6 Å². The first-order valence-electron chi connectivity index (χ1n) is 7.11. The predicted molar refractivity (Wildman–Crippen MR) is 68.9 cm³/mol. The summed E-state index contributed by atoms with van der Waals surface area (Å²) in [7, 11) is 0. The summed E-state index contributed by atoms with van der Waals surface area (Å²) in [4.78, 5) is 0. The predicted octanol–water partition coefficient (Wildman–Crippen LogP) is 5.13. The van der Waals surface area contributed by atoms with Gasteiger partial charge in [-0.05, 0) is 42.4 Å². The first-order valence-corrected chi connectivity index (χ1v) is 7.11. The summed E-state index contributed by atoms with van der Waals surface area (Å²) in [6.45, 7) is 12.1. The second-order valence-electron chi connectivity index (χ2n) is 5.92. The quantitative estimate of drug-likeness (QED) is 0.590. The first kappa shape index (κ1) is 13.1. The van der Waals surface area contributed by atoms with Gasteiger partial charge in [0.25, 0.3) is 0 Å². The maximum absolute atomic E-state index is 2.51. The van der Waals surface area contributed by atoms with Crippen molar-refractivity contribution in [1.29, 1.82) is 0 Å². The molecule has 90 valence electrons. The molecule has 5 atom stereocenters. The molecule has 0 amide bonds. The van der Waals surface area contributed by atoms with E-state index in [2.05, 4.69) is 34.6 Å². The van der Waals surface area contributed by atoms with Crippen LogP contribution in [0.15, 0.2) is 0 Å². The molecule has 0 heterocycles. The molecule has 0 aromatic rings. The molecule has 0 bridgehead atoms. The summed E-state index contributed by atoms with van der Waals surface area (Å²) in [6, 6.07) is 0. The van der Waals surface area contributed by atoms with E-state index < -0.39 is 0 Å². The van der Waals surface area contributed by atoms with Crippen molar-refractivity contribution < 1.29 is 0 Å². The number of hydrogen-bond acceptors (Lipinski definition) is 0. The summed E-state index contributed by atoms with van der Waals surface area (Å²) in [5.74, 6) is 4.91. The van der Waals surface area contributed by atoms with E-state index in [1.165, 1.54) is 32.1 Å². The lowest BCUT2D eigenvalue weighted by molar-refractivity contribution is 0.207. The molecular weight excluding hydrogens is 180 g/mol. The Balaban J connectivity index is 2.51. The summed E-state index contributed by atoms with van der Waals surface area (Å²) >= 11 is 0. The van der Waals surface area contributed by atoms with Crippen LogP contribution in [0.5, 0.6) is 0 Å². The third-order valence-corrected chi connectivity index (χ3v) is 5.03. The van der Waals surface area contributed by atoms with E-state index in [-0.39, 0.29) is 0 Å². The van der Waals surface area contributed by atoms with E-state index in [4.69, 9.17) is 0 Å². The molecule has 0 aromatic carbocycles. The second kappa shape index (κ2) is 5.92. The van der Waals surface area contributed by atoms with Crippen LogP contribution in [0.25, 0.3) is 0 Å². The van der Waals surface area contributed by atoms with E-state index >= 15 is 0 Å². The van der Waals surface area contributed by atoms with E-state index in [9.17, 15) is 0 Å². The minimum atomic E-state index is 0.943. The molecule has 1 fully saturated rings. The average molecular weight is 210 g/mol. The highest BCUT2D eigenvalue weighted by atomic mass is 14.4. The third kappa shape index (κ3) is 2.98. The van der Waals surface area contributed by atoms with Crippen molar-refractivity contribution in [3.63, 3.8) is 0 Å². The summed E-state index contributed by atoms with van der Waals surface area (Å²) in [5, 5.41) is 0. The van der Waals surface area contributed by atoms with E-state index in [0.29, 0.717) is 0 Å². The SMILES string of the molecule is CCCC(C)C1CCC(C(C)CC)C1C. The molecule has 1 rings (SSSR count). The standard InChI is InChI=1S/C15H30/c1-6-8-12(4)15-10-9-14(13(15)5)11(3)7-2/h11-15H,6-10H2,1-5H3. The van der Waals surface area contributed by atoms with Gasteiger partial charge >= 0.3 is 0 Å². The number of rotatable bonds is 5. The summed E-state index contributed by atoms with van der Waals surface area (Å²) in [5.41, 5.74) is 0. The fraction of sp³-hybridized carbons (Fsp3) is 1.00. The Bertz CT molecular complexity index is 173. The van der Waals surface area contributed by atoms with Crippen molar-refractivity contribution in [2.45, 2.75) is 66.7 Å². The molecule has 0 aromatic heterocycles. The maximum atomic E-state index is 2.51. The van der Waals surface area contributed by atoms with Gasteiger partial charge in [-0.25, -0.2) is 0 Å². The third-order valence-electron chi connectivity index (χ3n) is 5.03. The van der Waals surface area contributed by atoms with E-state index in [0.717, 1.165) is 29.6 Å². The van der Waals surface area contributed by atoms with Crippen LogP contribution < -0.4 is 0 Å². The van der Waals surface area contributed by atoms with E-state index in [1.54, 1.807) is 0 Å². The Morgan fingerprint density at radius 3 is 2.00 bits per heavy atom. The van der Waals surface area contributed by atoms with Gasteiger partial charge in [-0.3, -0.25) is 0 Å². The van der Waals surface area contributed by atoms with Gasteiger partial charge in [0.05, 0.1) is 0 Å². The van der Waals surface area contributed by atoms with Gasteiger partial charge in [0.15, 0.2) is 0 Å². The van der Waals surface area contributed by atoms with Gasteiger partial charge in [0.1, 0.15) is 0 Å². The lowest BCUT2D eigenvalue weighted by atomic mass is 9.77. The molecule has 0 nitrogen and oxygen atoms in total. The van der Waals surface area contributed by atoms with Gasteiger partial charge in [-0.1, -0.05) is 53.9 Å². The van der Waals surface area contributed by atoms with Crippen molar-refractivity contribution in [3.05, 3.63) is 0 Å². The van der Waals surface area contributed by atoms with Crippen molar-refractivity contribution in [2.75, 3.05) is 0 Å². The minimum absolute atomic E-state index is 0.943. The molecule has 1 aliphatic carbocycles. The minimum Gasteiger partial charge on any atom is -0.0654 e.